The second-order valence-electron chi connectivity index (χ2n) is 4.43. The Morgan fingerprint density at radius 2 is 2.10 bits per heavy atom. The number of aliphatic hydroxyl groups excluding tert-OH is 1. The van der Waals surface area contributed by atoms with E-state index >= 15 is 0 Å². The highest BCUT2D eigenvalue weighted by Crippen LogP contribution is 2.40. The van der Waals surface area contributed by atoms with Crippen molar-refractivity contribution < 1.29 is 9.90 Å². The molecule has 0 radical (unpaired) electrons. The van der Waals surface area contributed by atoms with Gasteiger partial charge in [0, 0.05) is 25.6 Å². The summed E-state index contributed by atoms with van der Waals surface area (Å²) in [6.45, 7) is 0. The Balaban J connectivity index is 2.02. The lowest BCUT2D eigenvalue weighted by Gasteiger charge is -2.12. The van der Waals surface area contributed by atoms with Gasteiger partial charge in [-0.1, -0.05) is 11.6 Å². The summed E-state index contributed by atoms with van der Waals surface area (Å²) in [5.41, 5.74) is 2.20. The molecule has 0 aliphatic carbocycles. The average Bonchev–Trinajstić information content (AvgIpc) is 2.90. The fraction of sp³-hybridized carbons (Fsp3) is 0.154. The zero-order valence-electron chi connectivity index (χ0n) is 9.91. The van der Waals surface area contributed by atoms with Crippen LogP contribution in [0.1, 0.15) is 22.1 Å². The Bertz CT molecular complexity index is 697. The van der Waals surface area contributed by atoms with E-state index in [1.54, 1.807) is 12.1 Å². The molecule has 1 amide bonds. The van der Waals surface area contributed by atoms with Crippen molar-refractivity contribution in [3.05, 3.63) is 47.5 Å². The van der Waals surface area contributed by atoms with E-state index in [9.17, 15) is 9.90 Å². The molecule has 3 rings (SSSR count). The fourth-order valence-corrected chi connectivity index (χ4v) is 4.49. The summed E-state index contributed by atoms with van der Waals surface area (Å²) in [6.07, 6.45) is -0.486. The third kappa shape index (κ3) is 2.55. The maximum Gasteiger partial charge on any atom is 0.228 e. The molecule has 1 aliphatic heterocycles. The van der Waals surface area contributed by atoms with Gasteiger partial charge in [-0.15, -0.1) is 11.3 Å². The van der Waals surface area contributed by atoms with Gasteiger partial charge >= 0.3 is 0 Å². The number of carbonyl (C=O) groups is 1. The van der Waals surface area contributed by atoms with Crippen LogP contribution in [0, 0.1) is 0 Å². The molecule has 2 aromatic rings. The van der Waals surface area contributed by atoms with Crippen LogP contribution in [0.4, 0.5) is 5.69 Å². The maximum absolute atomic E-state index is 11.4. The average molecular weight is 438 g/mol. The minimum absolute atomic E-state index is 0.0516. The van der Waals surface area contributed by atoms with Gasteiger partial charge in [0.25, 0.3) is 0 Å². The molecule has 0 spiro atoms. The Labute approximate surface area is 141 Å². The van der Waals surface area contributed by atoms with Crippen LogP contribution >= 0.6 is 54.8 Å². The van der Waals surface area contributed by atoms with Crippen LogP contribution in [-0.4, -0.2) is 11.0 Å². The highest BCUT2D eigenvalue weighted by atomic mass is 79.9. The van der Waals surface area contributed by atoms with Crippen molar-refractivity contribution in [1.29, 1.82) is 0 Å². The van der Waals surface area contributed by atoms with Crippen molar-refractivity contribution in [3.8, 4) is 0 Å². The Hall–Kier alpha value is -0.400. The number of hydrogen-bond donors (Lipinski definition) is 2. The van der Waals surface area contributed by atoms with Crippen molar-refractivity contribution in [2.45, 2.75) is 12.5 Å². The molecule has 7 heteroatoms. The zero-order chi connectivity index (χ0) is 14.4. The van der Waals surface area contributed by atoms with E-state index in [2.05, 4.69) is 37.2 Å². The number of fused-ring (bicyclic) bond motifs is 1. The van der Waals surface area contributed by atoms with E-state index in [1.807, 2.05) is 6.07 Å². The maximum atomic E-state index is 11.4. The predicted molar refractivity (Wildman–Crippen MR) is 87.6 cm³/mol. The molecule has 104 valence electrons. The lowest BCUT2D eigenvalue weighted by molar-refractivity contribution is -0.115. The van der Waals surface area contributed by atoms with Gasteiger partial charge in [0.2, 0.25) is 5.91 Å². The number of amides is 1. The molecule has 2 N–H and O–H groups in total. The molecule has 0 saturated carbocycles. The number of aliphatic hydroxyl groups is 1. The lowest BCUT2D eigenvalue weighted by atomic mass is 10.0. The third-order valence-corrected chi connectivity index (χ3v) is 6.71. The van der Waals surface area contributed by atoms with Crippen molar-refractivity contribution in [2.24, 2.45) is 0 Å². The molecule has 1 aromatic heterocycles. The summed E-state index contributed by atoms with van der Waals surface area (Å²) in [7, 11) is 0. The summed E-state index contributed by atoms with van der Waals surface area (Å²) < 4.78 is 1.81. The lowest BCUT2D eigenvalue weighted by Crippen LogP contribution is -2.03. The van der Waals surface area contributed by atoms with Gasteiger partial charge < -0.3 is 10.4 Å². The first-order valence-electron chi connectivity index (χ1n) is 5.70. The standard InChI is InChI=1S/C13H8Br2ClNO2S/c14-7-3-10(20-13(7)15)12(19)6-1-5-2-11(18)17-9(5)4-8(6)16/h1,3-4,12,19H,2H2,(H,17,18). The SMILES string of the molecule is O=C1Cc2cc(C(O)c3cc(Br)c(Br)s3)c(Cl)cc2N1. The molecule has 20 heavy (non-hydrogen) atoms. The van der Waals surface area contributed by atoms with Crippen molar-refractivity contribution in [1.82, 2.24) is 0 Å². The van der Waals surface area contributed by atoms with Gasteiger partial charge in [0.1, 0.15) is 6.10 Å². The number of halogens is 3. The number of hydrogen-bond acceptors (Lipinski definition) is 3. The Morgan fingerprint density at radius 3 is 2.75 bits per heavy atom. The number of rotatable bonds is 2. The van der Waals surface area contributed by atoms with Crippen molar-refractivity contribution in [3.63, 3.8) is 0 Å². The highest BCUT2D eigenvalue weighted by Gasteiger charge is 2.24. The van der Waals surface area contributed by atoms with Gasteiger partial charge in [-0.25, -0.2) is 0 Å². The quantitative estimate of drug-likeness (QED) is 0.727. The van der Waals surface area contributed by atoms with Gasteiger partial charge in [0.05, 0.1) is 10.2 Å². The summed E-state index contributed by atoms with van der Waals surface area (Å²) in [4.78, 5) is 12.2. The summed E-state index contributed by atoms with van der Waals surface area (Å²) in [5, 5.41) is 13.7. The molecule has 0 fully saturated rings. The molecule has 2 heterocycles. The number of carbonyl (C=O) groups excluding carboxylic acids is 1. The molecule has 3 nitrogen and oxygen atoms in total. The zero-order valence-corrected chi connectivity index (χ0v) is 14.7. The largest absolute Gasteiger partial charge is 0.383 e. The fourth-order valence-electron chi connectivity index (χ4n) is 2.13. The molecular weight excluding hydrogens is 429 g/mol. The van der Waals surface area contributed by atoms with E-state index < -0.39 is 6.10 Å². The van der Waals surface area contributed by atoms with E-state index in [4.69, 9.17) is 11.6 Å². The molecule has 1 atom stereocenters. The van der Waals surface area contributed by atoms with Crippen molar-refractivity contribution >= 4 is 66.4 Å². The van der Waals surface area contributed by atoms with Crippen LogP contribution in [0.25, 0.3) is 0 Å². The van der Waals surface area contributed by atoms with Gasteiger partial charge in [-0.2, -0.15) is 0 Å². The Kier molecular flexibility index (Phi) is 3.94. The van der Waals surface area contributed by atoms with E-state index in [1.165, 1.54) is 11.3 Å². The van der Waals surface area contributed by atoms with E-state index in [0.29, 0.717) is 17.0 Å². The second-order valence-corrected chi connectivity index (χ2v) is 8.09. The van der Waals surface area contributed by atoms with Crippen LogP contribution in [0.2, 0.25) is 5.02 Å². The minimum atomic E-state index is -0.809. The van der Waals surface area contributed by atoms with Crippen molar-refractivity contribution in [2.75, 3.05) is 5.32 Å². The van der Waals surface area contributed by atoms with Gasteiger partial charge in [-0.3, -0.25) is 4.79 Å². The highest BCUT2D eigenvalue weighted by molar-refractivity contribution is 9.13. The smallest absolute Gasteiger partial charge is 0.228 e. The van der Waals surface area contributed by atoms with Crippen LogP contribution in [0.5, 0.6) is 0 Å². The molecule has 0 saturated heterocycles. The van der Waals surface area contributed by atoms with E-state index in [0.717, 1.165) is 24.4 Å². The first-order valence-corrected chi connectivity index (χ1v) is 8.48. The van der Waals surface area contributed by atoms with E-state index in [-0.39, 0.29) is 5.91 Å². The predicted octanol–water partition coefficient (Wildman–Crippen LogP) is 4.50. The second kappa shape index (κ2) is 5.42. The number of thiophene rings is 1. The molecular formula is C13H8Br2ClNO2S. The number of anilines is 1. The normalized spacial score (nSPS) is 15.1. The van der Waals surface area contributed by atoms with Gasteiger partial charge in [0.15, 0.2) is 0 Å². The molecule has 1 aromatic carbocycles. The van der Waals surface area contributed by atoms with Crippen LogP contribution < -0.4 is 5.32 Å². The molecule has 1 unspecified atom stereocenters. The molecule has 1 aliphatic rings. The molecule has 0 bridgehead atoms. The third-order valence-electron chi connectivity index (χ3n) is 3.08. The summed E-state index contributed by atoms with van der Waals surface area (Å²) >= 11 is 14.5. The monoisotopic (exact) mass is 435 g/mol. The summed E-state index contributed by atoms with van der Waals surface area (Å²) in [5.74, 6) is -0.0516. The topological polar surface area (TPSA) is 49.3 Å². The van der Waals surface area contributed by atoms with Crippen LogP contribution in [-0.2, 0) is 11.2 Å². The van der Waals surface area contributed by atoms with Gasteiger partial charge in [-0.05, 0) is 55.6 Å². The number of benzene rings is 1. The van der Waals surface area contributed by atoms with Crippen LogP contribution in [0.15, 0.2) is 26.5 Å². The minimum Gasteiger partial charge on any atom is -0.383 e. The number of nitrogens with one attached hydrogen (secondary N) is 1. The Morgan fingerprint density at radius 1 is 1.35 bits per heavy atom. The van der Waals surface area contributed by atoms with Crippen LogP contribution in [0.3, 0.4) is 0 Å². The first kappa shape index (κ1) is 14.5. The first-order chi connectivity index (χ1) is 9.45. The summed E-state index contributed by atoms with van der Waals surface area (Å²) in [6, 6.07) is 5.34.